The number of nitrogens with one attached hydrogen (secondary N) is 3. The van der Waals surface area contributed by atoms with Gasteiger partial charge in [0.25, 0.3) is 21.6 Å². The number of nitrogens with zero attached hydrogens (tertiary/aromatic N) is 4. The summed E-state index contributed by atoms with van der Waals surface area (Å²) in [4.78, 5) is 37.0. The Morgan fingerprint density at radius 1 is 1.03 bits per heavy atom. The van der Waals surface area contributed by atoms with Gasteiger partial charge in [0.1, 0.15) is 22.8 Å². The zero-order valence-corrected chi connectivity index (χ0v) is 35.1. The number of carbonyl (C=O) groups is 1. The van der Waals surface area contributed by atoms with Gasteiger partial charge in [-0.2, -0.15) is 0 Å². The maximum absolute atomic E-state index is 13.9. The molecule has 15 nitrogen and oxygen atoms in total. The summed E-state index contributed by atoms with van der Waals surface area (Å²) in [7, 11) is -4.56. The molecule has 5 aromatic rings. The molecular weight excluding hydrogens is 822 g/mol. The third-order valence-corrected chi connectivity index (χ3v) is 14.7. The summed E-state index contributed by atoms with van der Waals surface area (Å²) in [6, 6.07) is 20.4. The van der Waals surface area contributed by atoms with Gasteiger partial charge in [-0.3, -0.25) is 19.8 Å². The highest BCUT2D eigenvalue weighted by Crippen LogP contribution is 2.72. The van der Waals surface area contributed by atoms with Crippen LogP contribution in [-0.4, -0.2) is 97.8 Å². The lowest BCUT2D eigenvalue weighted by Gasteiger charge is -2.41. The van der Waals surface area contributed by atoms with Crippen molar-refractivity contribution < 1.29 is 32.7 Å². The maximum Gasteiger partial charge on any atom is 0.293 e. The number of aliphatic hydroxyl groups is 1. The van der Waals surface area contributed by atoms with Crippen molar-refractivity contribution in [1.29, 1.82) is 0 Å². The minimum atomic E-state index is -4.56. The number of rotatable bonds is 13. The number of piperazine rings is 1. The zero-order valence-electron chi connectivity index (χ0n) is 33.5. The Morgan fingerprint density at radius 2 is 1.82 bits per heavy atom. The highest BCUT2D eigenvalue weighted by atomic mass is 35.5. The summed E-state index contributed by atoms with van der Waals surface area (Å²) >= 11 is 6.24. The van der Waals surface area contributed by atoms with Gasteiger partial charge >= 0.3 is 0 Å². The lowest BCUT2D eigenvalue weighted by molar-refractivity contribution is -0.384. The molecule has 0 bridgehead atoms. The number of benzene rings is 3. The highest BCUT2D eigenvalue weighted by molar-refractivity contribution is 7.90. The number of aromatic nitrogens is 2. The molecule has 61 heavy (non-hydrogen) atoms. The molecule has 2 saturated carbocycles. The predicted octanol–water partition coefficient (Wildman–Crippen LogP) is 6.87. The van der Waals surface area contributed by atoms with Crippen LogP contribution in [0.2, 0.25) is 5.02 Å². The quantitative estimate of drug-likeness (QED) is 0.0711. The van der Waals surface area contributed by atoms with Crippen LogP contribution in [0.25, 0.3) is 11.0 Å². The summed E-state index contributed by atoms with van der Waals surface area (Å²) in [6.07, 6.45) is 8.16. The monoisotopic (exact) mass is 869 g/mol. The number of fused-ring (bicyclic) bond motifs is 2. The first kappa shape index (κ1) is 41.1. The molecule has 4 N–H and O–H groups in total. The molecule has 1 amide bonds. The average molecular weight is 870 g/mol. The molecule has 3 atom stereocenters. The molecule has 3 unspecified atom stereocenters. The summed E-state index contributed by atoms with van der Waals surface area (Å²) < 4.78 is 41.1. The van der Waals surface area contributed by atoms with E-state index in [0.717, 1.165) is 75.3 Å². The zero-order chi connectivity index (χ0) is 42.4. The van der Waals surface area contributed by atoms with Crippen molar-refractivity contribution in [1.82, 2.24) is 19.6 Å². The first-order valence-corrected chi connectivity index (χ1v) is 22.6. The summed E-state index contributed by atoms with van der Waals surface area (Å²) in [5, 5.41) is 27.5. The van der Waals surface area contributed by atoms with Gasteiger partial charge in [0, 0.05) is 92.3 Å². The molecule has 2 aliphatic heterocycles. The van der Waals surface area contributed by atoms with Crippen LogP contribution in [0.5, 0.6) is 11.5 Å². The Bertz CT molecular complexity index is 2560. The number of anilines is 2. The highest BCUT2D eigenvalue weighted by Gasteiger charge is 2.69. The number of hydrogen-bond acceptors (Lipinski definition) is 12. The van der Waals surface area contributed by atoms with Crippen molar-refractivity contribution in [2.24, 2.45) is 11.3 Å². The molecule has 17 heteroatoms. The second-order valence-corrected chi connectivity index (χ2v) is 19.0. The number of nitro groups is 1. The van der Waals surface area contributed by atoms with Crippen LogP contribution in [0.15, 0.2) is 90.1 Å². The van der Waals surface area contributed by atoms with Crippen LogP contribution in [0.1, 0.15) is 54.4 Å². The number of pyridine rings is 1. The van der Waals surface area contributed by atoms with Crippen LogP contribution < -0.4 is 19.7 Å². The number of H-pyrrole nitrogens is 1. The van der Waals surface area contributed by atoms with Gasteiger partial charge in [0.2, 0.25) is 0 Å². The Balaban J connectivity index is 0.923. The molecule has 4 fully saturated rings. The molecule has 2 aromatic heterocycles. The number of carbonyl (C=O) groups excluding carboxylic acids is 1. The molecule has 2 saturated heterocycles. The standard InChI is InChI=1S/C44H48ClN7O8S/c45-32-3-1-31(2-4-32)44-13-9-34(53)24-43(44,27-44)28-50-15-17-51(18-16-50)33-5-7-37(40(22-33)60-35-21-30-10-14-46-41(30)48-26-35)42(54)49-61(57,58)36-6-8-38(39(23-36)52(55)56)47-25-29-11-19-59-20-12-29/h1-8,10,14,21-23,26,29,34,47,53H,9,11-13,15-20,24-25,27-28H2,(H,46,48)(H,49,54). The summed E-state index contributed by atoms with van der Waals surface area (Å²) in [5.74, 6) is -0.239. The first-order chi connectivity index (χ1) is 29.4. The van der Waals surface area contributed by atoms with E-state index in [0.29, 0.717) is 49.3 Å². The Morgan fingerprint density at radius 3 is 2.59 bits per heavy atom. The largest absolute Gasteiger partial charge is 0.455 e. The number of aromatic amines is 1. The van der Waals surface area contributed by atoms with E-state index in [1.807, 2.05) is 18.2 Å². The topological polar surface area (TPSA) is 192 Å². The maximum atomic E-state index is 13.9. The second-order valence-electron chi connectivity index (χ2n) is 16.9. The first-order valence-electron chi connectivity index (χ1n) is 20.7. The molecule has 4 heterocycles. The Kier molecular flexibility index (Phi) is 11.2. The third kappa shape index (κ3) is 8.39. The van der Waals surface area contributed by atoms with Gasteiger partial charge in [-0.25, -0.2) is 18.1 Å². The van der Waals surface area contributed by atoms with Gasteiger partial charge in [-0.15, -0.1) is 0 Å². The fourth-order valence-electron chi connectivity index (χ4n) is 9.81. The molecule has 320 valence electrons. The third-order valence-electron chi connectivity index (χ3n) is 13.2. The van der Waals surface area contributed by atoms with Crippen molar-refractivity contribution in [2.75, 3.05) is 62.7 Å². The average Bonchev–Trinajstić information content (AvgIpc) is 3.67. The van der Waals surface area contributed by atoms with Gasteiger partial charge in [0.05, 0.1) is 27.7 Å². The number of aliphatic hydroxyl groups excluding tert-OH is 1. The number of ether oxygens (including phenoxy) is 2. The lowest BCUT2D eigenvalue weighted by atomic mass is 9.74. The molecule has 0 spiro atoms. The normalized spacial score (nSPS) is 23.3. The van der Waals surface area contributed by atoms with Crippen LogP contribution in [0.3, 0.4) is 0 Å². The minimum Gasteiger partial charge on any atom is -0.455 e. The van der Waals surface area contributed by atoms with E-state index in [4.69, 9.17) is 21.1 Å². The fraction of sp³-hybridized carbons (Fsp3) is 0.409. The summed E-state index contributed by atoms with van der Waals surface area (Å²) in [5.41, 5.74) is 2.50. The van der Waals surface area contributed by atoms with E-state index in [2.05, 4.69) is 41.9 Å². The van der Waals surface area contributed by atoms with Crippen molar-refractivity contribution >= 4 is 55.6 Å². The van der Waals surface area contributed by atoms with Crippen LogP contribution in [0, 0.1) is 21.4 Å². The number of nitro benzene ring substituents is 1. The predicted molar refractivity (Wildman–Crippen MR) is 231 cm³/mol. The van der Waals surface area contributed by atoms with E-state index in [-0.39, 0.29) is 39.9 Å². The Hall–Kier alpha value is -5.26. The van der Waals surface area contributed by atoms with E-state index in [1.54, 1.807) is 24.4 Å². The van der Waals surface area contributed by atoms with Crippen LogP contribution in [0.4, 0.5) is 17.1 Å². The number of amides is 1. The van der Waals surface area contributed by atoms with Crippen molar-refractivity contribution in [3.05, 3.63) is 111 Å². The van der Waals surface area contributed by atoms with Crippen LogP contribution >= 0.6 is 11.6 Å². The smallest absolute Gasteiger partial charge is 0.293 e. The molecular formula is C44H48ClN7O8S. The SMILES string of the molecule is O=C(NS(=O)(=O)c1ccc(NCC2CCOCC2)c([N+](=O)[O-])c1)c1ccc(N2CCN(CC34CC(O)CCC3(c3ccc(Cl)cc3)C4)CC2)cc1Oc1cnc2[nH]ccc2c1. The van der Waals surface area contributed by atoms with E-state index >= 15 is 0 Å². The molecule has 4 aliphatic rings. The van der Waals surface area contributed by atoms with Gasteiger partial charge < -0.3 is 29.8 Å². The number of halogens is 1. The minimum absolute atomic E-state index is 0.000188. The number of hydrogen-bond donors (Lipinski definition) is 4. The molecule has 9 rings (SSSR count). The molecule has 0 radical (unpaired) electrons. The molecule has 3 aromatic carbocycles. The van der Waals surface area contributed by atoms with Crippen molar-refractivity contribution in [2.45, 2.75) is 54.9 Å². The van der Waals surface area contributed by atoms with E-state index < -0.39 is 31.4 Å². The summed E-state index contributed by atoms with van der Waals surface area (Å²) in [6.45, 7) is 5.57. The second kappa shape index (κ2) is 16.5. The number of sulfonamides is 1. The fourth-order valence-corrected chi connectivity index (χ4v) is 10.9. The van der Waals surface area contributed by atoms with Gasteiger partial charge in [-0.05, 0) is 104 Å². The van der Waals surface area contributed by atoms with Crippen molar-refractivity contribution in [3.63, 3.8) is 0 Å². The van der Waals surface area contributed by atoms with Crippen molar-refractivity contribution in [3.8, 4) is 11.5 Å². The van der Waals surface area contributed by atoms with E-state index in [1.165, 1.54) is 30.0 Å². The van der Waals surface area contributed by atoms with E-state index in [9.17, 15) is 28.4 Å². The molecule has 2 aliphatic carbocycles. The van der Waals surface area contributed by atoms with Gasteiger partial charge in [-0.1, -0.05) is 23.7 Å². The lowest BCUT2D eigenvalue weighted by Crippen LogP contribution is -2.49. The van der Waals surface area contributed by atoms with Gasteiger partial charge in [0.15, 0.2) is 0 Å². The Labute approximate surface area is 358 Å². The van der Waals surface area contributed by atoms with Crippen LogP contribution in [-0.2, 0) is 20.2 Å².